The summed E-state index contributed by atoms with van der Waals surface area (Å²) in [5.41, 5.74) is 5.87. The van der Waals surface area contributed by atoms with Gasteiger partial charge in [0.05, 0.1) is 6.54 Å². The number of nitrogens with one attached hydrogen (secondary N) is 1. The summed E-state index contributed by atoms with van der Waals surface area (Å²) >= 11 is 1.34. The molecule has 1 atom stereocenters. The molecule has 4 amide bonds. The molecule has 2 saturated heterocycles. The largest absolute Gasteiger partial charge is 0.322 e. The van der Waals surface area contributed by atoms with Crippen molar-refractivity contribution in [2.24, 2.45) is 0 Å². The van der Waals surface area contributed by atoms with Gasteiger partial charge in [-0.2, -0.15) is 4.37 Å². The van der Waals surface area contributed by atoms with Crippen molar-refractivity contribution < 1.29 is 19.2 Å². The molecule has 204 valence electrons. The van der Waals surface area contributed by atoms with E-state index in [1.165, 1.54) is 17.1 Å². The number of rotatable bonds is 5. The minimum atomic E-state index is -0.588. The van der Waals surface area contributed by atoms with E-state index >= 15 is 0 Å². The van der Waals surface area contributed by atoms with Crippen LogP contribution in [0.5, 0.6) is 0 Å². The van der Waals surface area contributed by atoms with Crippen LogP contribution in [0.3, 0.4) is 0 Å². The topological polar surface area (TPSA) is 103 Å². The van der Waals surface area contributed by atoms with Gasteiger partial charge >= 0.3 is 0 Å². The number of likely N-dealkylation sites (tertiary alicyclic amines) is 1. The lowest BCUT2D eigenvalue weighted by Crippen LogP contribution is -2.52. The smallest absolute Gasteiger partial charge is 0.259 e. The normalized spacial score (nSPS) is 21.6. The van der Waals surface area contributed by atoms with Gasteiger partial charge in [-0.15, -0.1) is 0 Å². The second kappa shape index (κ2) is 9.94. The molecule has 0 aliphatic carbocycles. The number of imide groups is 1. The van der Waals surface area contributed by atoms with Gasteiger partial charge in [0.25, 0.3) is 11.8 Å². The molecule has 40 heavy (non-hydrogen) atoms. The maximum Gasteiger partial charge on any atom is 0.259 e. The number of benzene rings is 2. The van der Waals surface area contributed by atoms with E-state index in [1.807, 2.05) is 12.1 Å². The number of amides is 4. The number of anilines is 1. The summed E-state index contributed by atoms with van der Waals surface area (Å²) in [5, 5.41) is 3.24. The van der Waals surface area contributed by atoms with Gasteiger partial charge in [-0.3, -0.25) is 34.3 Å². The third kappa shape index (κ3) is 4.41. The zero-order valence-electron chi connectivity index (χ0n) is 22.0. The number of fused-ring (bicyclic) bond motifs is 2. The van der Waals surface area contributed by atoms with E-state index in [9.17, 15) is 19.2 Å². The number of carbonyl (C=O) groups excluding carboxylic acids is 4. The van der Waals surface area contributed by atoms with Gasteiger partial charge < -0.3 is 4.90 Å². The minimum absolute atomic E-state index is 0.0473. The van der Waals surface area contributed by atoms with Crippen LogP contribution in [0.15, 0.2) is 48.7 Å². The highest BCUT2D eigenvalue weighted by atomic mass is 32.1. The SMILES string of the molecule is O=C1CCC(N2Cc3cc(C4CCN(Cc5ccc6c(c5)C(=O)N(c5ccns5)C6)CC4)ccc3C2=O)C(=O)N1. The number of carbonyl (C=O) groups is 4. The van der Waals surface area contributed by atoms with Gasteiger partial charge in [-0.1, -0.05) is 24.3 Å². The van der Waals surface area contributed by atoms with Gasteiger partial charge in [0, 0.05) is 36.8 Å². The van der Waals surface area contributed by atoms with Gasteiger partial charge in [0.15, 0.2) is 0 Å². The molecular weight excluding hydrogens is 526 g/mol. The Balaban J connectivity index is 0.976. The van der Waals surface area contributed by atoms with Crippen molar-refractivity contribution in [3.05, 3.63) is 82.0 Å². The summed E-state index contributed by atoms with van der Waals surface area (Å²) in [6.45, 7) is 3.74. The molecule has 0 spiro atoms. The van der Waals surface area contributed by atoms with Crippen LogP contribution in [-0.2, 0) is 29.2 Å². The van der Waals surface area contributed by atoms with E-state index in [0.717, 1.165) is 59.7 Å². The first-order chi connectivity index (χ1) is 19.4. The highest BCUT2D eigenvalue weighted by Crippen LogP contribution is 2.35. The number of hydrogen-bond donors (Lipinski definition) is 1. The molecule has 10 heteroatoms. The first kappa shape index (κ1) is 25.1. The fraction of sp³-hybridized carbons (Fsp3) is 0.367. The Morgan fingerprint density at radius 1 is 0.875 bits per heavy atom. The third-order valence-corrected chi connectivity index (χ3v) is 9.45. The van der Waals surface area contributed by atoms with E-state index in [4.69, 9.17) is 0 Å². The van der Waals surface area contributed by atoms with Crippen molar-refractivity contribution >= 4 is 40.2 Å². The van der Waals surface area contributed by atoms with E-state index in [1.54, 1.807) is 16.0 Å². The standard InChI is InChI=1S/C30H29N5O4S/c36-26-6-5-25(28(37)32-26)34-17-22-14-20(3-4-23(22)29(34)38)19-8-11-33(12-9-19)15-18-1-2-21-16-35(27-7-10-31-40-27)30(39)24(21)13-18/h1-4,7,10,13-14,19,25H,5-6,8-9,11-12,15-17H2,(H,32,36,37). The summed E-state index contributed by atoms with van der Waals surface area (Å²) in [6.07, 6.45) is 4.40. The maximum atomic E-state index is 13.0. The van der Waals surface area contributed by atoms with E-state index in [0.29, 0.717) is 31.0 Å². The predicted molar refractivity (Wildman–Crippen MR) is 149 cm³/mol. The maximum absolute atomic E-state index is 13.0. The van der Waals surface area contributed by atoms with Crippen molar-refractivity contribution in [3.8, 4) is 0 Å². The monoisotopic (exact) mass is 555 g/mol. The molecule has 9 nitrogen and oxygen atoms in total. The molecule has 3 aromatic rings. The average Bonchev–Trinajstić information content (AvgIpc) is 3.68. The first-order valence-corrected chi connectivity index (χ1v) is 14.6. The number of aromatic nitrogens is 1. The highest BCUT2D eigenvalue weighted by Gasteiger charge is 2.39. The fourth-order valence-electron chi connectivity index (χ4n) is 6.50. The van der Waals surface area contributed by atoms with Crippen LogP contribution in [0.25, 0.3) is 0 Å². The molecule has 0 radical (unpaired) electrons. The lowest BCUT2D eigenvalue weighted by Gasteiger charge is -2.32. The molecule has 2 aromatic carbocycles. The van der Waals surface area contributed by atoms with Gasteiger partial charge in [0.2, 0.25) is 11.8 Å². The third-order valence-electron chi connectivity index (χ3n) is 8.68. The van der Waals surface area contributed by atoms with Crippen molar-refractivity contribution in [2.45, 2.75) is 57.3 Å². The average molecular weight is 556 g/mol. The Bertz CT molecular complexity index is 1530. The quantitative estimate of drug-likeness (QED) is 0.484. The molecule has 0 saturated carbocycles. The van der Waals surface area contributed by atoms with Crippen LogP contribution in [0.4, 0.5) is 5.00 Å². The Labute approximate surface area is 235 Å². The fourth-order valence-corrected chi connectivity index (χ4v) is 7.10. The molecule has 5 heterocycles. The molecular formula is C30H29N5O4S. The summed E-state index contributed by atoms with van der Waals surface area (Å²) in [7, 11) is 0. The molecule has 4 aliphatic rings. The lowest BCUT2D eigenvalue weighted by atomic mass is 9.87. The molecule has 4 aliphatic heterocycles. The molecule has 1 N–H and O–H groups in total. The van der Waals surface area contributed by atoms with Crippen LogP contribution in [-0.4, -0.2) is 56.9 Å². The molecule has 2 fully saturated rings. The van der Waals surface area contributed by atoms with Crippen LogP contribution in [0.2, 0.25) is 0 Å². The molecule has 7 rings (SSSR count). The lowest BCUT2D eigenvalue weighted by molar-refractivity contribution is -0.136. The van der Waals surface area contributed by atoms with Gasteiger partial charge in [0.1, 0.15) is 11.0 Å². The minimum Gasteiger partial charge on any atom is -0.322 e. The zero-order chi connectivity index (χ0) is 27.4. The predicted octanol–water partition coefficient (Wildman–Crippen LogP) is 3.44. The van der Waals surface area contributed by atoms with Gasteiger partial charge in [-0.05, 0) is 90.3 Å². The summed E-state index contributed by atoms with van der Waals surface area (Å²) < 4.78 is 4.13. The van der Waals surface area contributed by atoms with Crippen LogP contribution < -0.4 is 10.2 Å². The van der Waals surface area contributed by atoms with Crippen LogP contribution >= 0.6 is 11.5 Å². The van der Waals surface area contributed by atoms with E-state index in [-0.39, 0.29) is 30.0 Å². The van der Waals surface area contributed by atoms with Crippen LogP contribution in [0.1, 0.15) is 74.6 Å². The van der Waals surface area contributed by atoms with Crippen molar-refractivity contribution in [1.29, 1.82) is 0 Å². The second-order valence-electron chi connectivity index (χ2n) is 11.1. The zero-order valence-corrected chi connectivity index (χ0v) is 22.8. The molecule has 1 aromatic heterocycles. The molecule has 1 unspecified atom stereocenters. The van der Waals surface area contributed by atoms with Crippen molar-refractivity contribution in [3.63, 3.8) is 0 Å². The van der Waals surface area contributed by atoms with E-state index in [2.05, 4.69) is 44.9 Å². The van der Waals surface area contributed by atoms with Gasteiger partial charge in [-0.25, -0.2) is 0 Å². The molecule has 0 bridgehead atoms. The Kier molecular flexibility index (Phi) is 6.24. The Morgan fingerprint density at radius 2 is 1.73 bits per heavy atom. The summed E-state index contributed by atoms with van der Waals surface area (Å²) in [5.74, 6) is -0.326. The highest BCUT2D eigenvalue weighted by molar-refractivity contribution is 7.10. The van der Waals surface area contributed by atoms with Crippen LogP contribution in [0, 0.1) is 0 Å². The second-order valence-corrected chi connectivity index (χ2v) is 11.9. The summed E-state index contributed by atoms with van der Waals surface area (Å²) in [6, 6.07) is 13.7. The Morgan fingerprint density at radius 3 is 2.50 bits per heavy atom. The van der Waals surface area contributed by atoms with Crippen molar-refractivity contribution in [1.82, 2.24) is 19.5 Å². The summed E-state index contributed by atoms with van der Waals surface area (Å²) in [4.78, 5) is 55.8. The number of piperidine rings is 2. The Hall–Kier alpha value is -3.89. The number of nitrogens with zero attached hydrogens (tertiary/aromatic N) is 4. The van der Waals surface area contributed by atoms with Crippen molar-refractivity contribution in [2.75, 3.05) is 18.0 Å². The number of hydrogen-bond acceptors (Lipinski definition) is 7. The first-order valence-electron chi connectivity index (χ1n) is 13.8. The van der Waals surface area contributed by atoms with E-state index < -0.39 is 6.04 Å².